The van der Waals surface area contributed by atoms with Crippen LogP contribution in [0.2, 0.25) is 0 Å². The van der Waals surface area contributed by atoms with E-state index >= 15 is 0 Å². The lowest BCUT2D eigenvalue weighted by atomic mass is 10.3. The Morgan fingerprint density at radius 3 is 2.40 bits per heavy atom. The van der Waals surface area contributed by atoms with E-state index in [1.807, 2.05) is 0 Å². The Balaban J connectivity index is 0.00000361. The second-order valence-corrected chi connectivity index (χ2v) is 5.71. The maximum Gasteiger partial charge on any atom is 0.269 e. The molecule has 0 aliphatic rings. The van der Waals surface area contributed by atoms with Gasteiger partial charge in [-0.25, -0.2) is 8.42 Å². The average Bonchev–Trinajstić information content (AvgIpc) is 2.38. The van der Waals surface area contributed by atoms with Crippen molar-refractivity contribution in [1.29, 1.82) is 0 Å². The SMILES string of the molecule is CN=C(N)NCCS(=O)(=O)c1ccc([N+](=O)[O-])cc1.I. The first-order valence-corrected chi connectivity index (χ1v) is 6.95. The Kier molecular flexibility index (Phi) is 7.42. The van der Waals surface area contributed by atoms with Gasteiger partial charge in [-0.1, -0.05) is 0 Å². The van der Waals surface area contributed by atoms with Crippen molar-refractivity contribution >= 4 is 45.5 Å². The van der Waals surface area contributed by atoms with Gasteiger partial charge in [-0.3, -0.25) is 15.1 Å². The molecule has 0 amide bonds. The van der Waals surface area contributed by atoms with E-state index in [1.54, 1.807) is 0 Å². The third kappa shape index (κ3) is 5.28. The molecule has 0 saturated heterocycles. The summed E-state index contributed by atoms with van der Waals surface area (Å²) in [6.45, 7) is 0.114. The number of aliphatic imine (C=N–C) groups is 1. The summed E-state index contributed by atoms with van der Waals surface area (Å²) in [4.78, 5) is 13.5. The fourth-order valence-electron chi connectivity index (χ4n) is 1.29. The molecule has 0 aromatic heterocycles. The van der Waals surface area contributed by atoms with Gasteiger partial charge in [-0.05, 0) is 12.1 Å². The molecular weight excluding hydrogens is 399 g/mol. The summed E-state index contributed by atoms with van der Waals surface area (Å²) in [6.07, 6.45) is 0. The van der Waals surface area contributed by atoms with E-state index < -0.39 is 14.8 Å². The van der Waals surface area contributed by atoms with Gasteiger partial charge in [0, 0.05) is 25.7 Å². The van der Waals surface area contributed by atoms with E-state index in [4.69, 9.17) is 5.73 Å². The predicted octanol–water partition coefficient (Wildman–Crippen LogP) is 0.521. The van der Waals surface area contributed by atoms with Crippen LogP contribution in [0.1, 0.15) is 0 Å². The summed E-state index contributed by atoms with van der Waals surface area (Å²) in [5, 5.41) is 13.1. The van der Waals surface area contributed by atoms with Gasteiger partial charge in [-0.2, -0.15) is 0 Å². The van der Waals surface area contributed by atoms with Crippen LogP contribution in [0.15, 0.2) is 34.2 Å². The van der Waals surface area contributed by atoms with E-state index in [2.05, 4.69) is 10.3 Å². The maximum absolute atomic E-state index is 11.9. The number of hydrogen-bond acceptors (Lipinski definition) is 5. The molecule has 20 heavy (non-hydrogen) atoms. The number of nitrogens with one attached hydrogen (secondary N) is 1. The van der Waals surface area contributed by atoms with Gasteiger partial charge in [-0.15, -0.1) is 24.0 Å². The fraction of sp³-hybridized carbons (Fsp3) is 0.300. The molecule has 0 fully saturated rings. The third-order valence-electron chi connectivity index (χ3n) is 2.32. The molecule has 1 rings (SSSR count). The van der Waals surface area contributed by atoms with Gasteiger partial charge >= 0.3 is 0 Å². The van der Waals surface area contributed by atoms with E-state index in [1.165, 1.54) is 19.2 Å². The number of benzene rings is 1. The molecule has 0 unspecified atom stereocenters. The van der Waals surface area contributed by atoms with Crippen molar-refractivity contribution in [2.75, 3.05) is 19.3 Å². The van der Waals surface area contributed by atoms with Crippen molar-refractivity contribution in [2.45, 2.75) is 4.90 Å². The second-order valence-electron chi connectivity index (χ2n) is 3.61. The highest BCUT2D eigenvalue weighted by atomic mass is 127. The minimum atomic E-state index is -3.50. The number of hydrogen-bond donors (Lipinski definition) is 2. The van der Waals surface area contributed by atoms with Crippen molar-refractivity contribution < 1.29 is 13.3 Å². The molecule has 0 bridgehead atoms. The van der Waals surface area contributed by atoms with E-state index in [9.17, 15) is 18.5 Å². The Labute approximate surface area is 133 Å². The summed E-state index contributed by atoms with van der Waals surface area (Å²) < 4.78 is 23.8. The number of non-ortho nitro benzene ring substituents is 1. The van der Waals surface area contributed by atoms with Gasteiger partial charge in [0.15, 0.2) is 15.8 Å². The Hall–Kier alpha value is -1.43. The van der Waals surface area contributed by atoms with E-state index in [0.29, 0.717) is 0 Å². The lowest BCUT2D eigenvalue weighted by Crippen LogP contribution is -2.34. The highest BCUT2D eigenvalue weighted by Gasteiger charge is 2.15. The molecule has 1 aromatic carbocycles. The zero-order valence-electron chi connectivity index (χ0n) is 10.6. The molecule has 10 heteroatoms. The van der Waals surface area contributed by atoms with Crippen LogP contribution in [0.5, 0.6) is 0 Å². The molecule has 112 valence electrons. The molecular formula is C10H15IN4O4S. The lowest BCUT2D eigenvalue weighted by Gasteiger charge is -2.06. The van der Waals surface area contributed by atoms with Gasteiger partial charge < -0.3 is 11.1 Å². The normalized spacial score (nSPS) is 11.6. The van der Waals surface area contributed by atoms with Crippen molar-refractivity contribution in [3.05, 3.63) is 34.4 Å². The molecule has 1 aromatic rings. The standard InChI is InChI=1S/C10H14N4O4S.HI/c1-12-10(11)13-6-7-19(17,18)9-4-2-8(3-5-9)14(15)16;/h2-5H,6-7H2,1H3,(H3,11,12,13);1H. The zero-order chi connectivity index (χ0) is 14.5. The number of guanidine groups is 1. The van der Waals surface area contributed by atoms with Gasteiger partial charge in [0.25, 0.3) is 5.69 Å². The first-order chi connectivity index (χ1) is 8.86. The fourth-order valence-corrected chi connectivity index (χ4v) is 2.44. The van der Waals surface area contributed by atoms with Crippen LogP contribution >= 0.6 is 24.0 Å². The third-order valence-corrected chi connectivity index (χ3v) is 4.06. The molecule has 3 N–H and O–H groups in total. The number of sulfone groups is 1. The van der Waals surface area contributed by atoms with Crippen LogP contribution in [0.3, 0.4) is 0 Å². The minimum Gasteiger partial charge on any atom is -0.370 e. The smallest absolute Gasteiger partial charge is 0.269 e. The summed E-state index contributed by atoms with van der Waals surface area (Å²) in [6, 6.07) is 4.74. The second kappa shape index (κ2) is 7.99. The quantitative estimate of drug-likeness (QED) is 0.238. The number of nitro groups is 1. The molecule has 0 atom stereocenters. The Bertz CT molecular complexity index is 586. The van der Waals surface area contributed by atoms with Crippen molar-refractivity contribution in [3.8, 4) is 0 Å². The molecule has 0 aliphatic carbocycles. The van der Waals surface area contributed by atoms with Gasteiger partial charge in [0.1, 0.15) is 0 Å². The predicted molar refractivity (Wildman–Crippen MR) is 86.1 cm³/mol. The maximum atomic E-state index is 11.9. The highest BCUT2D eigenvalue weighted by Crippen LogP contribution is 2.16. The van der Waals surface area contributed by atoms with Crippen molar-refractivity contribution in [1.82, 2.24) is 5.32 Å². The summed E-state index contributed by atoms with van der Waals surface area (Å²) in [7, 11) is -2.02. The van der Waals surface area contributed by atoms with Gasteiger partial charge in [0.05, 0.1) is 15.6 Å². The number of nitro benzene ring substituents is 1. The van der Waals surface area contributed by atoms with Gasteiger partial charge in [0.2, 0.25) is 0 Å². The molecule has 8 nitrogen and oxygen atoms in total. The Morgan fingerprint density at radius 2 is 1.95 bits per heavy atom. The summed E-state index contributed by atoms with van der Waals surface area (Å²) in [5.74, 6) is -0.0278. The molecule has 0 spiro atoms. The van der Waals surface area contributed by atoms with E-state index in [-0.39, 0.29) is 52.8 Å². The van der Waals surface area contributed by atoms with Crippen LogP contribution in [0.4, 0.5) is 5.69 Å². The Morgan fingerprint density at radius 1 is 1.40 bits per heavy atom. The van der Waals surface area contributed by atoms with Crippen LogP contribution < -0.4 is 11.1 Å². The first kappa shape index (κ1) is 18.6. The number of nitrogens with zero attached hydrogens (tertiary/aromatic N) is 2. The van der Waals surface area contributed by atoms with Crippen LogP contribution in [0.25, 0.3) is 0 Å². The minimum absolute atomic E-state index is 0. The van der Waals surface area contributed by atoms with Crippen molar-refractivity contribution in [2.24, 2.45) is 10.7 Å². The lowest BCUT2D eigenvalue weighted by molar-refractivity contribution is -0.384. The first-order valence-electron chi connectivity index (χ1n) is 5.30. The molecule has 0 saturated carbocycles. The largest absolute Gasteiger partial charge is 0.370 e. The topological polar surface area (TPSA) is 128 Å². The van der Waals surface area contributed by atoms with Crippen molar-refractivity contribution in [3.63, 3.8) is 0 Å². The highest BCUT2D eigenvalue weighted by molar-refractivity contribution is 14.0. The van der Waals surface area contributed by atoms with Crippen LogP contribution in [-0.2, 0) is 9.84 Å². The molecule has 0 aliphatic heterocycles. The van der Waals surface area contributed by atoms with Crippen LogP contribution in [0, 0.1) is 10.1 Å². The molecule has 0 heterocycles. The molecule has 0 radical (unpaired) electrons. The van der Waals surface area contributed by atoms with E-state index in [0.717, 1.165) is 12.1 Å². The monoisotopic (exact) mass is 414 g/mol. The van der Waals surface area contributed by atoms with Crippen LogP contribution in [-0.4, -0.2) is 38.6 Å². The number of halogens is 1. The summed E-state index contributed by atoms with van der Waals surface area (Å²) in [5.41, 5.74) is 5.21. The number of nitrogens with two attached hydrogens (primary N) is 1. The average molecular weight is 414 g/mol. The number of rotatable bonds is 5. The summed E-state index contributed by atoms with van der Waals surface area (Å²) >= 11 is 0. The zero-order valence-corrected chi connectivity index (χ0v) is 13.8.